The number of aromatic nitrogens is 3. The fourth-order valence-electron chi connectivity index (χ4n) is 2.33. The number of carbonyl (C=O) groups excluding carboxylic acids is 1. The number of hydrogen-bond donors (Lipinski definition) is 2. The third kappa shape index (κ3) is 4.46. The van der Waals surface area contributed by atoms with Gasteiger partial charge in [-0.3, -0.25) is 4.79 Å². The molecular formula is C18H18N4O2S. The number of carbonyl (C=O) groups is 1. The molecule has 0 aliphatic rings. The third-order valence-corrected chi connectivity index (χ3v) is 4.34. The zero-order chi connectivity index (χ0) is 17.6. The number of hydrogen-bond acceptors (Lipinski definition) is 5. The number of benzene rings is 2. The van der Waals surface area contributed by atoms with Crippen LogP contribution >= 0.6 is 11.8 Å². The van der Waals surface area contributed by atoms with E-state index in [9.17, 15) is 9.90 Å². The standard InChI is InChI=1S/C18H18N4O2S/c1-25-15-9-5-8-14(10-15)20-18(24)17-19-12-22(21-17)11-16(23)13-6-3-2-4-7-13/h2-10,12,16,23H,11H2,1H3,(H,20,24)/t16-/m1/s1. The lowest BCUT2D eigenvalue weighted by molar-refractivity contribution is 0.101. The van der Waals surface area contributed by atoms with Crippen molar-refractivity contribution in [3.05, 3.63) is 72.3 Å². The van der Waals surface area contributed by atoms with Crippen LogP contribution in [0.4, 0.5) is 5.69 Å². The summed E-state index contributed by atoms with van der Waals surface area (Å²) in [5, 5.41) is 17.1. The largest absolute Gasteiger partial charge is 0.386 e. The second-order valence-electron chi connectivity index (χ2n) is 5.40. The summed E-state index contributed by atoms with van der Waals surface area (Å²) in [4.78, 5) is 17.3. The van der Waals surface area contributed by atoms with E-state index in [-0.39, 0.29) is 18.3 Å². The van der Waals surface area contributed by atoms with Gasteiger partial charge >= 0.3 is 0 Å². The molecule has 1 aromatic heterocycles. The molecular weight excluding hydrogens is 336 g/mol. The first kappa shape index (κ1) is 17.2. The molecule has 2 aromatic carbocycles. The van der Waals surface area contributed by atoms with Gasteiger partial charge in [-0.2, -0.15) is 0 Å². The molecule has 0 saturated carbocycles. The first-order valence-corrected chi connectivity index (χ1v) is 8.96. The van der Waals surface area contributed by atoms with Crippen molar-refractivity contribution in [2.45, 2.75) is 17.5 Å². The molecule has 1 amide bonds. The molecule has 1 heterocycles. The van der Waals surface area contributed by atoms with Crippen molar-refractivity contribution >= 4 is 23.4 Å². The van der Waals surface area contributed by atoms with Gasteiger partial charge in [0.15, 0.2) is 0 Å². The molecule has 0 radical (unpaired) electrons. The minimum Gasteiger partial charge on any atom is -0.386 e. The fraction of sp³-hybridized carbons (Fsp3) is 0.167. The minimum atomic E-state index is -0.711. The molecule has 7 heteroatoms. The zero-order valence-corrected chi connectivity index (χ0v) is 14.5. The third-order valence-electron chi connectivity index (χ3n) is 3.61. The Balaban J connectivity index is 1.65. The molecule has 0 saturated heterocycles. The van der Waals surface area contributed by atoms with Crippen LogP contribution in [0.3, 0.4) is 0 Å². The average molecular weight is 354 g/mol. The predicted octanol–water partition coefficient (Wildman–Crippen LogP) is 2.99. The first-order valence-electron chi connectivity index (χ1n) is 7.73. The maximum absolute atomic E-state index is 12.3. The van der Waals surface area contributed by atoms with Gasteiger partial charge in [-0.1, -0.05) is 36.4 Å². The van der Waals surface area contributed by atoms with E-state index in [1.54, 1.807) is 11.8 Å². The summed E-state index contributed by atoms with van der Waals surface area (Å²) in [7, 11) is 0. The lowest BCUT2D eigenvalue weighted by atomic mass is 10.1. The smallest absolute Gasteiger partial charge is 0.295 e. The van der Waals surface area contributed by atoms with Crippen LogP contribution in [0.2, 0.25) is 0 Å². The van der Waals surface area contributed by atoms with Crippen LogP contribution < -0.4 is 5.32 Å². The van der Waals surface area contributed by atoms with E-state index in [0.717, 1.165) is 10.5 Å². The highest BCUT2D eigenvalue weighted by molar-refractivity contribution is 7.98. The lowest BCUT2D eigenvalue weighted by Crippen LogP contribution is -2.15. The van der Waals surface area contributed by atoms with Crippen molar-refractivity contribution in [1.29, 1.82) is 0 Å². The number of aliphatic hydroxyl groups excluding tert-OH is 1. The number of nitrogens with one attached hydrogen (secondary N) is 1. The highest BCUT2D eigenvalue weighted by Gasteiger charge is 2.14. The van der Waals surface area contributed by atoms with Crippen LogP contribution in [-0.2, 0) is 6.54 Å². The summed E-state index contributed by atoms with van der Waals surface area (Å²) in [6, 6.07) is 16.8. The topological polar surface area (TPSA) is 80.0 Å². The summed E-state index contributed by atoms with van der Waals surface area (Å²) in [5.41, 5.74) is 1.48. The van der Waals surface area contributed by atoms with Crippen molar-refractivity contribution in [3.8, 4) is 0 Å². The molecule has 0 aliphatic carbocycles. The molecule has 3 rings (SSSR count). The van der Waals surface area contributed by atoms with Crippen LogP contribution in [0.1, 0.15) is 22.3 Å². The van der Waals surface area contributed by atoms with E-state index in [1.165, 1.54) is 11.0 Å². The van der Waals surface area contributed by atoms with Crippen LogP contribution in [-0.4, -0.2) is 32.0 Å². The molecule has 1 atom stereocenters. The van der Waals surface area contributed by atoms with Crippen LogP contribution in [0, 0.1) is 0 Å². The maximum Gasteiger partial charge on any atom is 0.295 e. The van der Waals surface area contributed by atoms with Gasteiger partial charge in [0.25, 0.3) is 5.91 Å². The number of nitrogens with zero attached hydrogens (tertiary/aromatic N) is 3. The van der Waals surface area contributed by atoms with Crippen LogP contribution in [0.15, 0.2) is 65.8 Å². The van der Waals surface area contributed by atoms with Gasteiger partial charge in [-0.25, -0.2) is 9.67 Å². The first-order chi connectivity index (χ1) is 12.2. The maximum atomic E-state index is 12.3. The minimum absolute atomic E-state index is 0.0646. The number of aliphatic hydroxyl groups is 1. The van der Waals surface area contributed by atoms with Crippen LogP contribution in [0.25, 0.3) is 0 Å². The summed E-state index contributed by atoms with van der Waals surface area (Å²) in [6.07, 6.45) is 2.71. The Morgan fingerprint density at radius 1 is 1.24 bits per heavy atom. The molecule has 128 valence electrons. The second-order valence-corrected chi connectivity index (χ2v) is 6.28. The average Bonchev–Trinajstić information content (AvgIpc) is 3.11. The molecule has 6 nitrogen and oxygen atoms in total. The number of thioether (sulfide) groups is 1. The molecule has 0 spiro atoms. The summed E-state index contributed by atoms with van der Waals surface area (Å²) in [6.45, 7) is 0.228. The Morgan fingerprint density at radius 3 is 2.80 bits per heavy atom. The molecule has 0 fully saturated rings. The highest BCUT2D eigenvalue weighted by atomic mass is 32.2. The number of anilines is 1. The van der Waals surface area contributed by atoms with E-state index < -0.39 is 6.10 Å². The van der Waals surface area contributed by atoms with E-state index in [4.69, 9.17) is 0 Å². The van der Waals surface area contributed by atoms with Crippen molar-refractivity contribution in [2.75, 3.05) is 11.6 Å². The van der Waals surface area contributed by atoms with E-state index in [1.807, 2.05) is 60.9 Å². The Hall–Kier alpha value is -2.64. The van der Waals surface area contributed by atoms with Crippen LogP contribution in [0.5, 0.6) is 0 Å². The summed E-state index contributed by atoms with van der Waals surface area (Å²) >= 11 is 1.60. The molecule has 3 aromatic rings. The molecule has 0 aliphatic heterocycles. The Labute approximate surface area is 149 Å². The highest BCUT2D eigenvalue weighted by Crippen LogP contribution is 2.19. The summed E-state index contributed by atoms with van der Waals surface area (Å²) in [5.74, 6) is -0.318. The van der Waals surface area contributed by atoms with Crippen molar-refractivity contribution in [3.63, 3.8) is 0 Å². The lowest BCUT2D eigenvalue weighted by Gasteiger charge is -2.10. The number of rotatable bonds is 6. The van der Waals surface area contributed by atoms with Gasteiger partial charge in [0, 0.05) is 10.6 Å². The van der Waals surface area contributed by atoms with E-state index in [2.05, 4.69) is 15.4 Å². The Kier molecular flexibility index (Phi) is 5.47. The van der Waals surface area contributed by atoms with Gasteiger partial charge in [-0.15, -0.1) is 16.9 Å². The normalized spacial score (nSPS) is 11.9. The molecule has 2 N–H and O–H groups in total. The Bertz CT molecular complexity index is 851. The number of amides is 1. The van der Waals surface area contributed by atoms with Gasteiger partial charge < -0.3 is 10.4 Å². The molecule has 25 heavy (non-hydrogen) atoms. The Morgan fingerprint density at radius 2 is 2.04 bits per heavy atom. The fourth-order valence-corrected chi connectivity index (χ4v) is 2.79. The molecule has 0 unspecified atom stereocenters. The van der Waals surface area contributed by atoms with Gasteiger partial charge in [0.2, 0.25) is 5.82 Å². The van der Waals surface area contributed by atoms with Gasteiger partial charge in [0.1, 0.15) is 6.33 Å². The SMILES string of the molecule is CSc1cccc(NC(=O)c2ncn(C[C@@H](O)c3ccccc3)n2)c1. The van der Waals surface area contributed by atoms with Gasteiger partial charge in [-0.05, 0) is 30.0 Å². The van der Waals surface area contributed by atoms with Crippen molar-refractivity contribution < 1.29 is 9.90 Å². The predicted molar refractivity (Wildman–Crippen MR) is 97.6 cm³/mol. The van der Waals surface area contributed by atoms with E-state index in [0.29, 0.717) is 5.69 Å². The zero-order valence-electron chi connectivity index (χ0n) is 13.7. The van der Waals surface area contributed by atoms with Gasteiger partial charge in [0.05, 0.1) is 12.6 Å². The van der Waals surface area contributed by atoms with Crippen molar-refractivity contribution in [2.24, 2.45) is 0 Å². The van der Waals surface area contributed by atoms with Crippen molar-refractivity contribution in [1.82, 2.24) is 14.8 Å². The molecule has 0 bridgehead atoms. The second kappa shape index (κ2) is 7.96. The summed E-state index contributed by atoms with van der Waals surface area (Å²) < 4.78 is 1.46. The quantitative estimate of drug-likeness (QED) is 0.665. The van der Waals surface area contributed by atoms with E-state index >= 15 is 0 Å². The monoisotopic (exact) mass is 354 g/mol.